The van der Waals surface area contributed by atoms with E-state index >= 15 is 0 Å². The molecule has 106 valence electrons. The molecule has 0 bridgehead atoms. The molecule has 1 aromatic carbocycles. The van der Waals surface area contributed by atoms with Gasteiger partial charge in [-0.25, -0.2) is 4.39 Å². The minimum Gasteiger partial charge on any atom is -0.389 e. The Morgan fingerprint density at radius 1 is 1.32 bits per heavy atom. The number of aliphatic hydroxyl groups is 1. The molecule has 0 amide bonds. The SMILES string of the molecule is CN(C)C[C@@H]1CCCC[C@@]1(O)Cc1ccccc1F. The van der Waals surface area contributed by atoms with E-state index in [1.165, 1.54) is 6.07 Å². The molecular formula is C16H24FNO. The fraction of sp³-hybridized carbons (Fsp3) is 0.625. The zero-order valence-corrected chi connectivity index (χ0v) is 11.9. The number of benzene rings is 1. The first-order valence-corrected chi connectivity index (χ1v) is 7.12. The van der Waals surface area contributed by atoms with Crippen molar-refractivity contribution in [3.63, 3.8) is 0 Å². The molecule has 0 spiro atoms. The van der Waals surface area contributed by atoms with Crippen molar-refractivity contribution in [1.29, 1.82) is 0 Å². The van der Waals surface area contributed by atoms with Crippen LogP contribution < -0.4 is 0 Å². The smallest absolute Gasteiger partial charge is 0.126 e. The zero-order valence-electron chi connectivity index (χ0n) is 11.9. The third-order valence-corrected chi connectivity index (χ3v) is 4.21. The van der Waals surface area contributed by atoms with Gasteiger partial charge in [0.2, 0.25) is 0 Å². The number of nitrogens with zero attached hydrogens (tertiary/aromatic N) is 1. The summed E-state index contributed by atoms with van der Waals surface area (Å²) >= 11 is 0. The van der Waals surface area contributed by atoms with Crippen molar-refractivity contribution >= 4 is 0 Å². The average Bonchev–Trinajstić information content (AvgIpc) is 2.35. The second-order valence-electron chi connectivity index (χ2n) is 6.08. The summed E-state index contributed by atoms with van der Waals surface area (Å²) < 4.78 is 13.8. The molecule has 0 unspecified atom stereocenters. The molecule has 1 aliphatic carbocycles. The summed E-state index contributed by atoms with van der Waals surface area (Å²) in [6.07, 6.45) is 4.44. The highest BCUT2D eigenvalue weighted by Crippen LogP contribution is 2.37. The predicted molar refractivity (Wildman–Crippen MR) is 75.6 cm³/mol. The molecule has 1 aromatic rings. The van der Waals surface area contributed by atoms with Crippen molar-refractivity contribution in [2.75, 3.05) is 20.6 Å². The van der Waals surface area contributed by atoms with E-state index in [-0.39, 0.29) is 11.7 Å². The maximum atomic E-state index is 13.8. The van der Waals surface area contributed by atoms with E-state index in [1.807, 2.05) is 20.2 Å². The van der Waals surface area contributed by atoms with E-state index in [0.29, 0.717) is 12.0 Å². The Kier molecular flexibility index (Phi) is 4.58. The molecular weight excluding hydrogens is 241 g/mol. The first-order chi connectivity index (χ1) is 9.01. The molecule has 1 N–H and O–H groups in total. The minimum atomic E-state index is -0.759. The van der Waals surface area contributed by atoms with Crippen LogP contribution in [0.25, 0.3) is 0 Å². The van der Waals surface area contributed by atoms with E-state index in [4.69, 9.17) is 0 Å². The van der Waals surface area contributed by atoms with Gasteiger partial charge in [0.25, 0.3) is 0 Å². The van der Waals surface area contributed by atoms with Gasteiger partial charge in [-0.3, -0.25) is 0 Å². The largest absolute Gasteiger partial charge is 0.389 e. The molecule has 2 rings (SSSR count). The van der Waals surface area contributed by atoms with Crippen LogP contribution in [0.5, 0.6) is 0 Å². The highest BCUT2D eigenvalue weighted by Gasteiger charge is 2.39. The molecule has 2 nitrogen and oxygen atoms in total. The van der Waals surface area contributed by atoms with Crippen LogP contribution in [0.15, 0.2) is 24.3 Å². The fourth-order valence-electron chi connectivity index (χ4n) is 3.20. The number of hydrogen-bond acceptors (Lipinski definition) is 2. The molecule has 1 fully saturated rings. The van der Waals surface area contributed by atoms with Crippen molar-refractivity contribution in [3.05, 3.63) is 35.6 Å². The summed E-state index contributed by atoms with van der Waals surface area (Å²) in [4.78, 5) is 2.11. The lowest BCUT2D eigenvalue weighted by Crippen LogP contribution is -2.47. The number of hydrogen-bond donors (Lipinski definition) is 1. The number of rotatable bonds is 4. The summed E-state index contributed by atoms with van der Waals surface area (Å²) in [5, 5.41) is 11.0. The van der Waals surface area contributed by atoms with Crippen LogP contribution in [0.1, 0.15) is 31.2 Å². The quantitative estimate of drug-likeness (QED) is 0.905. The lowest BCUT2D eigenvalue weighted by Gasteiger charge is -2.41. The second-order valence-corrected chi connectivity index (χ2v) is 6.08. The molecule has 0 heterocycles. The van der Waals surface area contributed by atoms with Crippen LogP contribution in [0.3, 0.4) is 0 Å². The molecule has 0 aromatic heterocycles. The van der Waals surface area contributed by atoms with Crippen molar-refractivity contribution < 1.29 is 9.50 Å². The van der Waals surface area contributed by atoms with Crippen LogP contribution in [0, 0.1) is 11.7 Å². The highest BCUT2D eigenvalue weighted by atomic mass is 19.1. The molecule has 3 heteroatoms. The summed E-state index contributed by atoms with van der Waals surface area (Å²) in [5.74, 6) is 0.0287. The van der Waals surface area contributed by atoms with E-state index in [2.05, 4.69) is 4.90 Å². The Balaban J connectivity index is 2.16. The third-order valence-electron chi connectivity index (χ3n) is 4.21. The van der Waals surface area contributed by atoms with Gasteiger partial charge in [-0.15, -0.1) is 0 Å². The monoisotopic (exact) mass is 265 g/mol. The summed E-state index contributed by atoms with van der Waals surface area (Å²) in [6.45, 7) is 0.866. The third kappa shape index (κ3) is 3.54. The Morgan fingerprint density at radius 2 is 2.05 bits per heavy atom. The van der Waals surface area contributed by atoms with Crippen LogP contribution in [-0.2, 0) is 6.42 Å². The van der Waals surface area contributed by atoms with E-state index < -0.39 is 5.60 Å². The second kappa shape index (κ2) is 6.02. The molecule has 19 heavy (non-hydrogen) atoms. The standard InChI is InChI=1S/C16H24FNO/c1-18(2)12-14-8-5-6-10-16(14,19)11-13-7-3-4-9-15(13)17/h3-4,7,9,14,19H,5-6,8,10-12H2,1-2H3/t14-,16+/m0/s1. The molecule has 0 saturated heterocycles. The summed E-state index contributed by atoms with van der Waals surface area (Å²) in [7, 11) is 4.05. The Morgan fingerprint density at radius 3 is 2.74 bits per heavy atom. The maximum absolute atomic E-state index is 13.8. The van der Waals surface area contributed by atoms with Gasteiger partial charge >= 0.3 is 0 Å². The van der Waals surface area contributed by atoms with Gasteiger partial charge in [0, 0.05) is 18.9 Å². The van der Waals surface area contributed by atoms with Crippen molar-refractivity contribution in [2.24, 2.45) is 5.92 Å². The molecule has 0 radical (unpaired) electrons. The van der Waals surface area contributed by atoms with Gasteiger partial charge in [-0.2, -0.15) is 0 Å². The maximum Gasteiger partial charge on any atom is 0.126 e. The molecule has 1 aliphatic rings. The van der Waals surface area contributed by atoms with Gasteiger partial charge in [0.1, 0.15) is 5.82 Å². The first-order valence-electron chi connectivity index (χ1n) is 7.12. The van der Waals surface area contributed by atoms with E-state index in [0.717, 1.165) is 32.2 Å². The lowest BCUT2D eigenvalue weighted by molar-refractivity contribution is -0.0557. The van der Waals surface area contributed by atoms with E-state index in [1.54, 1.807) is 12.1 Å². The normalized spacial score (nSPS) is 27.7. The van der Waals surface area contributed by atoms with Crippen LogP contribution in [0.4, 0.5) is 4.39 Å². The average molecular weight is 265 g/mol. The molecule has 1 saturated carbocycles. The minimum absolute atomic E-state index is 0.204. The van der Waals surface area contributed by atoms with Crippen LogP contribution in [-0.4, -0.2) is 36.2 Å². The van der Waals surface area contributed by atoms with Gasteiger partial charge < -0.3 is 10.0 Å². The van der Waals surface area contributed by atoms with Gasteiger partial charge in [0.05, 0.1) is 5.60 Å². The Hall–Kier alpha value is -0.930. The highest BCUT2D eigenvalue weighted by molar-refractivity contribution is 5.20. The van der Waals surface area contributed by atoms with Crippen LogP contribution in [0.2, 0.25) is 0 Å². The Labute approximate surface area is 115 Å². The topological polar surface area (TPSA) is 23.5 Å². The number of halogens is 1. The predicted octanol–water partition coefficient (Wildman–Crippen LogP) is 2.85. The van der Waals surface area contributed by atoms with Crippen molar-refractivity contribution in [1.82, 2.24) is 4.90 Å². The molecule has 2 atom stereocenters. The van der Waals surface area contributed by atoms with Gasteiger partial charge in [-0.1, -0.05) is 31.0 Å². The molecule has 0 aliphatic heterocycles. The summed E-state index contributed by atoms with van der Waals surface area (Å²) in [6, 6.07) is 6.80. The van der Waals surface area contributed by atoms with Crippen LogP contribution >= 0.6 is 0 Å². The van der Waals surface area contributed by atoms with Gasteiger partial charge in [0.15, 0.2) is 0 Å². The fourth-order valence-corrected chi connectivity index (χ4v) is 3.20. The van der Waals surface area contributed by atoms with E-state index in [9.17, 15) is 9.50 Å². The van der Waals surface area contributed by atoms with Gasteiger partial charge in [-0.05, 0) is 38.6 Å². The van der Waals surface area contributed by atoms with Crippen molar-refractivity contribution in [2.45, 2.75) is 37.7 Å². The summed E-state index contributed by atoms with van der Waals surface area (Å²) in [5.41, 5.74) is -0.124. The zero-order chi connectivity index (χ0) is 13.9. The first kappa shape index (κ1) is 14.5. The lowest BCUT2D eigenvalue weighted by atomic mass is 9.72. The Bertz CT molecular complexity index is 421. The van der Waals surface area contributed by atoms with Crippen molar-refractivity contribution in [3.8, 4) is 0 Å².